The van der Waals surface area contributed by atoms with Gasteiger partial charge >= 0.3 is 0 Å². The van der Waals surface area contributed by atoms with Crippen LogP contribution in [0.4, 0.5) is 0 Å². The van der Waals surface area contributed by atoms with Crippen LogP contribution >= 0.6 is 0 Å². The third-order valence-electron chi connectivity index (χ3n) is 3.49. The molecule has 0 radical (unpaired) electrons. The second-order valence-corrected chi connectivity index (χ2v) is 5.93. The normalized spacial score (nSPS) is 27.6. The number of hydrogen-bond donors (Lipinski definition) is 2. The summed E-state index contributed by atoms with van der Waals surface area (Å²) in [6, 6.07) is 0.0715. The molecule has 3 atom stereocenters. The van der Waals surface area contributed by atoms with E-state index in [9.17, 15) is 9.90 Å². The number of amides is 1. The number of carbonyl (C=O) groups is 1. The first-order valence-corrected chi connectivity index (χ1v) is 6.70. The molecule has 1 rings (SSSR count). The number of likely N-dealkylation sites (N-methyl/N-ethyl adjacent to an activating group) is 1. The molecule has 0 saturated carbocycles. The summed E-state index contributed by atoms with van der Waals surface area (Å²) in [4.78, 5) is 16.3. The SMILES string of the molecule is CCCC(C)(N)C(=O)N1CC(O)CC1CN(C)C. The van der Waals surface area contributed by atoms with Crippen molar-refractivity contribution in [2.24, 2.45) is 5.73 Å². The van der Waals surface area contributed by atoms with E-state index in [0.717, 1.165) is 13.0 Å². The van der Waals surface area contributed by atoms with Gasteiger partial charge in [0.15, 0.2) is 0 Å². The second-order valence-electron chi connectivity index (χ2n) is 5.93. The maximum atomic E-state index is 12.5. The van der Waals surface area contributed by atoms with Gasteiger partial charge in [0, 0.05) is 19.1 Å². The van der Waals surface area contributed by atoms with E-state index in [1.165, 1.54) is 0 Å². The standard InChI is InChI=1S/C13H27N3O2/c1-5-6-13(2,14)12(18)16-9-11(17)7-10(16)8-15(3)4/h10-11,17H,5-9,14H2,1-4H3. The van der Waals surface area contributed by atoms with Gasteiger partial charge in [-0.2, -0.15) is 0 Å². The highest BCUT2D eigenvalue weighted by atomic mass is 16.3. The monoisotopic (exact) mass is 257 g/mol. The molecular formula is C13H27N3O2. The average molecular weight is 257 g/mol. The summed E-state index contributed by atoms with van der Waals surface area (Å²) < 4.78 is 0. The van der Waals surface area contributed by atoms with E-state index in [2.05, 4.69) is 0 Å². The van der Waals surface area contributed by atoms with Gasteiger partial charge in [-0.05, 0) is 33.9 Å². The zero-order valence-corrected chi connectivity index (χ0v) is 12.0. The first-order valence-electron chi connectivity index (χ1n) is 6.70. The second kappa shape index (κ2) is 5.99. The number of hydrogen-bond acceptors (Lipinski definition) is 4. The topological polar surface area (TPSA) is 69.8 Å². The Kier molecular flexibility index (Phi) is 5.13. The molecule has 1 aliphatic rings. The molecule has 0 aromatic heterocycles. The Labute approximate surface area is 110 Å². The molecule has 18 heavy (non-hydrogen) atoms. The Hall–Kier alpha value is -0.650. The summed E-state index contributed by atoms with van der Waals surface area (Å²) in [7, 11) is 3.95. The minimum Gasteiger partial charge on any atom is -0.391 e. The third-order valence-corrected chi connectivity index (χ3v) is 3.49. The number of carbonyl (C=O) groups excluding carboxylic acids is 1. The van der Waals surface area contributed by atoms with Crippen LogP contribution in [0.15, 0.2) is 0 Å². The molecule has 5 heteroatoms. The Morgan fingerprint density at radius 2 is 2.17 bits per heavy atom. The minimum absolute atomic E-state index is 0.0345. The lowest BCUT2D eigenvalue weighted by atomic mass is 9.95. The summed E-state index contributed by atoms with van der Waals surface area (Å²) >= 11 is 0. The highest BCUT2D eigenvalue weighted by Gasteiger charge is 2.40. The van der Waals surface area contributed by atoms with Crippen molar-refractivity contribution in [2.75, 3.05) is 27.2 Å². The van der Waals surface area contributed by atoms with Gasteiger partial charge in [-0.15, -0.1) is 0 Å². The number of rotatable bonds is 5. The van der Waals surface area contributed by atoms with Crippen molar-refractivity contribution in [2.45, 2.75) is 50.8 Å². The molecule has 5 nitrogen and oxygen atoms in total. The summed E-state index contributed by atoms with van der Waals surface area (Å²) in [5.74, 6) is -0.0345. The molecule has 106 valence electrons. The molecule has 0 aromatic rings. The third kappa shape index (κ3) is 3.67. The van der Waals surface area contributed by atoms with Crippen LogP contribution in [0.5, 0.6) is 0 Å². The molecule has 1 fully saturated rings. The molecule has 3 unspecified atom stereocenters. The number of aliphatic hydroxyl groups excluding tert-OH is 1. The maximum Gasteiger partial charge on any atom is 0.242 e. The van der Waals surface area contributed by atoms with Crippen LogP contribution in [0.3, 0.4) is 0 Å². The Bertz CT molecular complexity index is 292. The van der Waals surface area contributed by atoms with Crippen LogP contribution in [-0.2, 0) is 4.79 Å². The van der Waals surface area contributed by atoms with E-state index in [-0.39, 0.29) is 11.9 Å². The first kappa shape index (κ1) is 15.4. The largest absolute Gasteiger partial charge is 0.391 e. The fourth-order valence-corrected chi connectivity index (χ4v) is 2.69. The lowest BCUT2D eigenvalue weighted by molar-refractivity contribution is -0.138. The summed E-state index contributed by atoms with van der Waals surface area (Å²) in [5, 5.41) is 9.77. The van der Waals surface area contributed by atoms with E-state index in [1.54, 1.807) is 11.8 Å². The van der Waals surface area contributed by atoms with E-state index >= 15 is 0 Å². The molecule has 0 bridgehead atoms. The molecule has 1 heterocycles. The van der Waals surface area contributed by atoms with Crippen molar-refractivity contribution in [3.05, 3.63) is 0 Å². The summed E-state index contributed by atoms with van der Waals surface area (Å²) in [6.07, 6.45) is 1.78. The van der Waals surface area contributed by atoms with E-state index in [4.69, 9.17) is 5.73 Å². The summed E-state index contributed by atoms with van der Waals surface area (Å²) in [5.41, 5.74) is 5.29. The Morgan fingerprint density at radius 3 is 2.67 bits per heavy atom. The van der Waals surface area contributed by atoms with E-state index < -0.39 is 11.6 Å². The first-order chi connectivity index (χ1) is 8.27. The number of aliphatic hydroxyl groups is 1. The molecule has 3 N–H and O–H groups in total. The number of nitrogens with two attached hydrogens (primary N) is 1. The lowest BCUT2D eigenvalue weighted by Crippen LogP contribution is -2.55. The zero-order valence-electron chi connectivity index (χ0n) is 12.0. The Morgan fingerprint density at radius 1 is 1.56 bits per heavy atom. The smallest absolute Gasteiger partial charge is 0.242 e. The highest BCUT2D eigenvalue weighted by Crippen LogP contribution is 2.23. The number of β-amino-alcohol motifs (C(OH)–C–C–N with tert-alkyl or cyclic N) is 1. The molecule has 1 amide bonds. The zero-order chi connectivity index (χ0) is 13.9. The molecule has 0 aliphatic carbocycles. The number of likely N-dealkylation sites (tertiary alicyclic amines) is 1. The molecule has 0 aromatic carbocycles. The van der Waals surface area contributed by atoms with Gasteiger partial charge in [-0.1, -0.05) is 13.3 Å². The Balaban J connectivity index is 2.76. The fourth-order valence-electron chi connectivity index (χ4n) is 2.69. The van der Waals surface area contributed by atoms with Gasteiger partial charge in [0.25, 0.3) is 0 Å². The summed E-state index contributed by atoms with van der Waals surface area (Å²) in [6.45, 7) is 4.99. The van der Waals surface area contributed by atoms with Crippen molar-refractivity contribution in [3.63, 3.8) is 0 Å². The average Bonchev–Trinajstić information content (AvgIpc) is 2.57. The van der Waals surface area contributed by atoms with Gasteiger partial charge < -0.3 is 20.6 Å². The molecule has 1 aliphatic heterocycles. The van der Waals surface area contributed by atoms with E-state index in [1.807, 2.05) is 25.9 Å². The lowest BCUT2D eigenvalue weighted by Gasteiger charge is -2.33. The van der Waals surface area contributed by atoms with Crippen LogP contribution in [0.2, 0.25) is 0 Å². The van der Waals surface area contributed by atoms with Crippen molar-refractivity contribution < 1.29 is 9.90 Å². The predicted octanol–water partition coefficient (Wildman–Crippen LogP) is 0.0273. The van der Waals surface area contributed by atoms with Crippen molar-refractivity contribution in [1.82, 2.24) is 9.80 Å². The fraction of sp³-hybridized carbons (Fsp3) is 0.923. The minimum atomic E-state index is -0.816. The highest BCUT2D eigenvalue weighted by molar-refractivity contribution is 5.86. The van der Waals surface area contributed by atoms with Crippen molar-refractivity contribution >= 4 is 5.91 Å². The van der Waals surface area contributed by atoms with Crippen LogP contribution in [0.25, 0.3) is 0 Å². The van der Waals surface area contributed by atoms with Crippen LogP contribution in [0.1, 0.15) is 33.1 Å². The van der Waals surface area contributed by atoms with Gasteiger partial charge in [0.1, 0.15) is 0 Å². The van der Waals surface area contributed by atoms with Gasteiger partial charge in [-0.25, -0.2) is 0 Å². The maximum absolute atomic E-state index is 12.5. The predicted molar refractivity (Wildman–Crippen MR) is 72.2 cm³/mol. The van der Waals surface area contributed by atoms with Crippen LogP contribution < -0.4 is 5.73 Å². The van der Waals surface area contributed by atoms with Crippen molar-refractivity contribution in [1.29, 1.82) is 0 Å². The van der Waals surface area contributed by atoms with Gasteiger partial charge in [0.05, 0.1) is 11.6 Å². The molecule has 0 spiro atoms. The molecular weight excluding hydrogens is 230 g/mol. The number of nitrogens with zero attached hydrogens (tertiary/aromatic N) is 2. The van der Waals surface area contributed by atoms with Crippen LogP contribution in [0, 0.1) is 0 Å². The van der Waals surface area contributed by atoms with Crippen LogP contribution in [-0.4, -0.2) is 65.7 Å². The molecule has 1 saturated heterocycles. The van der Waals surface area contributed by atoms with Gasteiger partial charge in [-0.3, -0.25) is 4.79 Å². The quantitative estimate of drug-likeness (QED) is 0.729. The van der Waals surface area contributed by atoms with E-state index in [0.29, 0.717) is 19.4 Å². The van der Waals surface area contributed by atoms with Gasteiger partial charge in [0.2, 0.25) is 5.91 Å². The van der Waals surface area contributed by atoms with Crippen molar-refractivity contribution in [3.8, 4) is 0 Å².